The fourth-order valence-corrected chi connectivity index (χ4v) is 3.54. The molecule has 0 saturated carbocycles. The molecule has 4 rings (SSSR count). The summed E-state index contributed by atoms with van der Waals surface area (Å²) in [5.74, 6) is -0.535. The lowest BCUT2D eigenvalue weighted by Gasteiger charge is -2.07. The van der Waals surface area contributed by atoms with E-state index in [-0.39, 0.29) is 5.69 Å². The Labute approximate surface area is 153 Å². The maximum Gasteiger partial charge on any atom is 0.151 e. The van der Waals surface area contributed by atoms with E-state index in [4.69, 9.17) is 23.2 Å². The summed E-state index contributed by atoms with van der Waals surface area (Å²) in [5.41, 5.74) is 2.94. The van der Waals surface area contributed by atoms with E-state index in [0.29, 0.717) is 16.5 Å². The van der Waals surface area contributed by atoms with Gasteiger partial charge >= 0.3 is 0 Å². The molecule has 7 heteroatoms. The molecule has 1 N–H and O–H groups in total. The number of rotatable bonds is 3. The second-order valence-electron chi connectivity index (χ2n) is 5.87. The Bertz CT molecular complexity index is 969. The van der Waals surface area contributed by atoms with Gasteiger partial charge in [-0.25, -0.2) is 13.5 Å². The SMILES string of the molecule is Fc1ccc(-n2nc(Cc3ccc(Cl)cc3Cl)c3c2NCC3)c(F)c1. The minimum absolute atomic E-state index is 0.209. The summed E-state index contributed by atoms with van der Waals surface area (Å²) >= 11 is 12.2. The summed E-state index contributed by atoms with van der Waals surface area (Å²) < 4.78 is 28.9. The molecule has 25 heavy (non-hydrogen) atoms. The molecule has 0 radical (unpaired) electrons. The van der Waals surface area contributed by atoms with Crippen LogP contribution in [0, 0.1) is 11.6 Å². The molecule has 3 nitrogen and oxygen atoms in total. The molecular formula is C18H13Cl2F2N3. The average molecular weight is 380 g/mol. The lowest BCUT2D eigenvalue weighted by atomic mass is 10.1. The summed E-state index contributed by atoms with van der Waals surface area (Å²) in [5, 5.41) is 8.91. The van der Waals surface area contributed by atoms with E-state index in [2.05, 4.69) is 10.4 Å². The quantitative estimate of drug-likeness (QED) is 0.692. The molecule has 0 fully saturated rings. The molecule has 1 aromatic heterocycles. The Morgan fingerprint density at radius 1 is 1.12 bits per heavy atom. The van der Waals surface area contributed by atoms with Gasteiger partial charge in [-0.1, -0.05) is 29.3 Å². The van der Waals surface area contributed by atoms with Gasteiger partial charge in [-0.2, -0.15) is 5.10 Å². The largest absolute Gasteiger partial charge is 0.369 e. The van der Waals surface area contributed by atoms with Gasteiger partial charge in [-0.3, -0.25) is 0 Å². The van der Waals surface area contributed by atoms with Crippen molar-refractivity contribution in [2.75, 3.05) is 11.9 Å². The van der Waals surface area contributed by atoms with Crippen molar-refractivity contribution in [3.05, 3.63) is 74.9 Å². The number of nitrogens with zero attached hydrogens (tertiary/aromatic N) is 2. The Morgan fingerprint density at radius 2 is 1.96 bits per heavy atom. The van der Waals surface area contributed by atoms with E-state index >= 15 is 0 Å². The number of nitrogens with one attached hydrogen (secondary N) is 1. The van der Waals surface area contributed by atoms with Gasteiger partial charge in [0, 0.05) is 34.6 Å². The first-order valence-corrected chi connectivity index (χ1v) is 8.52. The maximum atomic E-state index is 14.2. The first-order valence-electron chi connectivity index (χ1n) is 7.77. The number of halogens is 4. The van der Waals surface area contributed by atoms with Gasteiger partial charge < -0.3 is 5.32 Å². The fourth-order valence-electron chi connectivity index (χ4n) is 3.06. The lowest BCUT2D eigenvalue weighted by molar-refractivity contribution is 0.573. The first kappa shape index (κ1) is 16.4. The van der Waals surface area contributed by atoms with Gasteiger partial charge in [-0.15, -0.1) is 0 Å². The highest BCUT2D eigenvalue weighted by atomic mass is 35.5. The molecule has 1 aliphatic heterocycles. The zero-order chi connectivity index (χ0) is 17.6. The second kappa shape index (κ2) is 6.32. The smallest absolute Gasteiger partial charge is 0.151 e. The third kappa shape index (κ3) is 2.98. The highest BCUT2D eigenvalue weighted by Gasteiger charge is 2.24. The molecule has 0 saturated heterocycles. The van der Waals surface area contributed by atoms with Crippen LogP contribution in [0.1, 0.15) is 16.8 Å². The van der Waals surface area contributed by atoms with Crippen molar-refractivity contribution in [2.45, 2.75) is 12.8 Å². The van der Waals surface area contributed by atoms with E-state index in [0.717, 1.165) is 41.7 Å². The van der Waals surface area contributed by atoms with Crippen molar-refractivity contribution in [3.63, 3.8) is 0 Å². The Hall–Kier alpha value is -2.11. The van der Waals surface area contributed by atoms with Crippen molar-refractivity contribution < 1.29 is 8.78 Å². The standard InChI is InChI=1S/C18H13Cl2F2N3/c19-11-2-1-10(14(20)8-11)7-16-13-5-6-23-18(13)25(24-16)17-4-3-12(21)9-15(17)22/h1-4,8-9,23H,5-7H2. The predicted octanol–water partition coefficient (Wildman–Crippen LogP) is 5.02. The first-order chi connectivity index (χ1) is 12.0. The number of hydrogen-bond acceptors (Lipinski definition) is 2. The Kier molecular flexibility index (Phi) is 4.13. The zero-order valence-corrected chi connectivity index (χ0v) is 14.5. The molecular weight excluding hydrogens is 367 g/mol. The van der Waals surface area contributed by atoms with Crippen LogP contribution in [0.4, 0.5) is 14.6 Å². The van der Waals surface area contributed by atoms with Crippen LogP contribution in [-0.4, -0.2) is 16.3 Å². The van der Waals surface area contributed by atoms with Crippen molar-refractivity contribution >= 4 is 29.0 Å². The fraction of sp³-hybridized carbons (Fsp3) is 0.167. The van der Waals surface area contributed by atoms with Crippen LogP contribution in [0.2, 0.25) is 10.0 Å². The third-order valence-corrected chi connectivity index (χ3v) is 4.83. The molecule has 0 bridgehead atoms. The molecule has 0 unspecified atom stereocenters. The number of aromatic nitrogens is 2. The normalized spacial score (nSPS) is 13.0. The summed E-state index contributed by atoms with van der Waals surface area (Å²) in [4.78, 5) is 0. The summed E-state index contributed by atoms with van der Waals surface area (Å²) in [6.45, 7) is 0.747. The second-order valence-corrected chi connectivity index (χ2v) is 6.71. The van der Waals surface area contributed by atoms with E-state index in [1.165, 1.54) is 16.8 Å². The van der Waals surface area contributed by atoms with Gasteiger partial charge in [0.25, 0.3) is 0 Å². The number of hydrogen-bond donors (Lipinski definition) is 1. The Morgan fingerprint density at radius 3 is 2.72 bits per heavy atom. The summed E-state index contributed by atoms with van der Waals surface area (Å²) in [7, 11) is 0. The van der Waals surface area contributed by atoms with Gasteiger partial charge in [0.05, 0.1) is 5.69 Å². The molecule has 0 atom stereocenters. The Balaban J connectivity index is 1.78. The maximum absolute atomic E-state index is 14.2. The molecule has 2 heterocycles. The van der Waals surface area contributed by atoms with Gasteiger partial charge in [0.15, 0.2) is 5.82 Å². The molecule has 0 amide bonds. The van der Waals surface area contributed by atoms with Crippen molar-refractivity contribution in [2.24, 2.45) is 0 Å². The van der Waals surface area contributed by atoms with Crippen molar-refractivity contribution in [3.8, 4) is 5.69 Å². The topological polar surface area (TPSA) is 29.9 Å². The van der Waals surface area contributed by atoms with Crippen LogP contribution in [0.5, 0.6) is 0 Å². The van der Waals surface area contributed by atoms with Gasteiger partial charge in [0.1, 0.15) is 17.3 Å². The third-order valence-electron chi connectivity index (χ3n) is 4.25. The van der Waals surface area contributed by atoms with E-state index < -0.39 is 11.6 Å². The monoisotopic (exact) mass is 379 g/mol. The van der Waals surface area contributed by atoms with Crippen LogP contribution in [0.3, 0.4) is 0 Å². The van der Waals surface area contributed by atoms with Crippen LogP contribution in [-0.2, 0) is 12.8 Å². The summed E-state index contributed by atoms with van der Waals surface area (Å²) in [6.07, 6.45) is 1.30. The van der Waals surface area contributed by atoms with Gasteiger partial charge in [-0.05, 0) is 36.2 Å². The highest BCUT2D eigenvalue weighted by molar-refractivity contribution is 6.35. The number of anilines is 1. The van der Waals surface area contributed by atoms with E-state index in [9.17, 15) is 8.78 Å². The molecule has 3 aromatic rings. The van der Waals surface area contributed by atoms with E-state index in [1.807, 2.05) is 6.07 Å². The van der Waals surface area contributed by atoms with Gasteiger partial charge in [0.2, 0.25) is 0 Å². The van der Waals surface area contributed by atoms with Crippen LogP contribution < -0.4 is 5.32 Å². The molecule has 128 valence electrons. The van der Waals surface area contributed by atoms with Crippen molar-refractivity contribution in [1.29, 1.82) is 0 Å². The minimum atomic E-state index is -0.657. The molecule has 0 aliphatic carbocycles. The minimum Gasteiger partial charge on any atom is -0.369 e. The highest BCUT2D eigenvalue weighted by Crippen LogP contribution is 2.32. The summed E-state index contributed by atoms with van der Waals surface area (Å²) in [6, 6.07) is 8.78. The number of fused-ring (bicyclic) bond motifs is 1. The van der Waals surface area contributed by atoms with Crippen LogP contribution >= 0.6 is 23.2 Å². The molecule has 2 aromatic carbocycles. The van der Waals surface area contributed by atoms with Crippen LogP contribution in [0.25, 0.3) is 5.69 Å². The predicted molar refractivity (Wildman–Crippen MR) is 94.9 cm³/mol. The zero-order valence-electron chi connectivity index (χ0n) is 13.0. The van der Waals surface area contributed by atoms with Crippen LogP contribution in [0.15, 0.2) is 36.4 Å². The number of benzene rings is 2. The average Bonchev–Trinajstić information content (AvgIpc) is 3.14. The lowest BCUT2D eigenvalue weighted by Crippen LogP contribution is -2.07. The van der Waals surface area contributed by atoms with Crippen molar-refractivity contribution in [1.82, 2.24) is 9.78 Å². The van der Waals surface area contributed by atoms with E-state index in [1.54, 1.807) is 12.1 Å². The molecule has 1 aliphatic rings. The molecule has 0 spiro atoms.